The molecule has 3 saturated heterocycles. The quantitative estimate of drug-likeness (QED) is 0.581. The molecule has 0 amide bonds. The van der Waals surface area contributed by atoms with Crippen molar-refractivity contribution in [3.63, 3.8) is 0 Å². The van der Waals surface area contributed by atoms with Crippen LogP contribution in [-0.4, -0.2) is 66.5 Å². The summed E-state index contributed by atoms with van der Waals surface area (Å²) in [5, 5.41) is 0. The van der Waals surface area contributed by atoms with Gasteiger partial charge in [-0.25, -0.2) is 9.97 Å². The van der Waals surface area contributed by atoms with Gasteiger partial charge in [0, 0.05) is 23.7 Å². The number of carbonyl (C=O) groups excluding carboxylic acids is 1. The van der Waals surface area contributed by atoms with E-state index in [0.29, 0.717) is 5.92 Å². The lowest BCUT2D eigenvalue weighted by Crippen LogP contribution is -3.15. The van der Waals surface area contributed by atoms with Crippen LogP contribution in [-0.2, 0) is 14.3 Å². The molecule has 6 rings (SSSR count). The van der Waals surface area contributed by atoms with Crippen molar-refractivity contribution in [2.75, 3.05) is 37.6 Å². The Morgan fingerprint density at radius 3 is 2.80 bits per heavy atom. The first kappa shape index (κ1) is 19.0. The number of carbonyl (C=O) groups is 1. The number of piperazine rings is 1. The summed E-state index contributed by atoms with van der Waals surface area (Å²) >= 11 is 0. The second-order valence-electron chi connectivity index (χ2n) is 10.5. The molecule has 4 heterocycles. The van der Waals surface area contributed by atoms with E-state index in [4.69, 9.17) is 9.47 Å². The largest absolute Gasteiger partial charge is 0.462 e. The number of nitrogens with zero attached hydrogens (tertiary/aromatic N) is 3. The number of nitrogens with one attached hydrogen (secondary N) is 1. The SMILES string of the molecule is C[C@H]1CCC[C@]2(C)C[C@H]3OC(=O)[C@H](C[NH+]4CCN(c5ncccn5)CC4)[C@H]3[C@@H]3O[C@@]132. The third-order valence-electron chi connectivity index (χ3n) is 9.01. The molecule has 0 unspecified atom stereocenters. The van der Waals surface area contributed by atoms with Crippen molar-refractivity contribution in [3.8, 4) is 0 Å². The lowest BCUT2D eigenvalue weighted by atomic mass is 9.53. The third-order valence-corrected chi connectivity index (χ3v) is 9.01. The Balaban J connectivity index is 1.15. The van der Waals surface area contributed by atoms with E-state index in [1.807, 2.05) is 6.07 Å². The van der Waals surface area contributed by atoms with Crippen LogP contribution in [0.4, 0.5) is 5.95 Å². The molecule has 1 aromatic heterocycles. The zero-order valence-corrected chi connectivity index (χ0v) is 18.0. The number of epoxide rings is 1. The second kappa shape index (κ2) is 6.63. The summed E-state index contributed by atoms with van der Waals surface area (Å²) in [6.45, 7) is 9.47. The van der Waals surface area contributed by atoms with Gasteiger partial charge in [-0.15, -0.1) is 0 Å². The Kier molecular flexibility index (Phi) is 4.20. The minimum Gasteiger partial charge on any atom is -0.462 e. The van der Waals surface area contributed by atoms with Gasteiger partial charge in [-0.05, 0) is 31.2 Å². The molecule has 1 aromatic rings. The normalized spacial score (nSPS) is 45.3. The van der Waals surface area contributed by atoms with Crippen LogP contribution in [0.25, 0.3) is 0 Å². The molecule has 0 bridgehead atoms. The monoisotopic (exact) mass is 413 g/mol. The number of rotatable bonds is 3. The Hall–Kier alpha value is -1.73. The molecule has 0 radical (unpaired) electrons. The maximum Gasteiger partial charge on any atom is 0.315 e. The van der Waals surface area contributed by atoms with E-state index in [9.17, 15) is 4.79 Å². The number of ether oxygens (including phenoxy) is 2. The molecular weight excluding hydrogens is 380 g/mol. The van der Waals surface area contributed by atoms with Crippen molar-refractivity contribution in [1.29, 1.82) is 0 Å². The number of aromatic nitrogens is 2. The van der Waals surface area contributed by atoms with E-state index in [-0.39, 0.29) is 41.0 Å². The molecule has 5 aliphatic rings. The van der Waals surface area contributed by atoms with E-state index in [1.165, 1.54) is 24.2 Å². The van der Waals surface area contributed by atoms with Crippen LogP contribution < -0.4 is 9.80 Å². The highest BCUT2D eigenvalue weighted by Gasteiger charge is 2.78. The molecule has 7 nitrogen and oxygen atoms in total. The minimum atomic E-state index is -0.0208. The molecule has 1 N–H and O–H groups in total. The third kappa shape index (κ3) is 2.60. The smallest absolute Gasteiger partial charge is 0.315 e. The predicted octanol–water partition coefficient (Wildman–Crippen LogP) is 0.707. The van der Waals surface area contributed by atoms with Crippen molar-refractivity contribution in [3.05, 3.63) is 18.5 Å². The highest BCUT2D eigenvalue weighted by Crippen LogP contribution is 2.70. The number of quaternary nitrogens is 1. The molecule has 3 aliphatic heterocycles. The second-order valence-corrected chi connectivity index (χ2v) is 10.5. The van der Waals surface area contributed by atoms with Crippen LogP contribution in [0.2, 0.25) is 0 Å². The molecule has 5 fully saturated rings. The topological polar surface area (TPSA) is 72.3 Å². The average molecular weight is 414 g/mol. The van der Waals surface area contributed by atoms with E-state index >= 15 is 0 Å². The zero-order chi connectivity index (χ0) is 20.5. The summed E-state index contributed by atoms with van der Waals surface area (Å²) in [7, 11) is 0. The molecule has 1 spiro atoms. The van der Waals surface area contributed by atoms with Gasteiger partial charge >= 0.3 is 5.97 Å². The van der Waals surface area contributed by atoms with Gasteiger partial charge in [0.15, 0.2) is 0 Å². The highest BCUT2D eigenvalue weighted by atomic mass is 16.6. The van der Waals surface area contributed by atoms with E-state index < -0.39 is 0 Å². The molecule has 2 saturated carbocycles. The van der Waals surface area contributed by atoms with Crippen molar-refractivity contribution in [1.82, 2.24) is 9.97 Å². The van der Waals surface area contributed by atoms with Crippen molar-refractivity contribution < 1.29 is 19.2 Å². The molecule has 162 valence electrons. The first-order valence-corrected chi connectivity index (χ1v) is 11.8. The average Bonchev–Trinajstić information content (AvgIpc) is 3.44. The zero-order valence-electron chi connectivity index (χ0n) is 18.0. The number of fused-ring (bicyclic) bond motifs is 2. The summed E-state index contributed by atoms with van der Waals surface area (Å²) in [6.07, 6.45) is 8.56. The van der Waals surface area contributed by atoms with Gasteiger partial charge in [0.2, 0.25) is 5.95 Å². The molecule has 0 aromatic carbocycles. The Morgan fingerprint density at radius 2 is 2.03 bits per heavy atom. The number of esters is 1. The molecule has 7 atom stereocenters. The molecule has 30 heavy (non-hydrogen) atoms. The van der Waals surface area contributed by atoms with Gasteiger partial charge in [-0.2, -0.15) is 0 Å². The standard InChI is InChI=1S/C23H32N4O3/c1-15-5-3-6-22(2)13-17-18(19-23(15,22)30-19)16(20(28)29-17)14-26-9-11-27(12-10-26)21-24-7-4-8-25-21/h4,7-8,15-19H,3,5-6,9-14H2,1-2H3/p+1/t15-,16+,17+,18+,19-,22+,23-/m0/s1. The van der Waals surface area contributed by atoms with Gasteiger partial charge in [0.1, 0.15) is 17.6 Å². The first-order valence-electron chi connectivity index (χ1n) is 11.8. The van der Waals surface area contributed by atoms with Gasteiger partial charge in [0.25, 0.3) is 0 Å². The fourth-order valence-corrected chi connectivity index (χ4v) is 7.46. The summed E-state index contributed by atoms with van der Waals surface area (Å²) in [5.74, 6) is 1.64. The van der Waals surface area contributed by atoms with Crippen molar-refractivity contribution in [2.24, 2.45) is 23.2 Å². The Morgan fingerprint density at radius 1 is 1.27 bits per heavy atom. The number of hydrogen-bond donors (Lipinski definition) is 1. The number of hydrogen-bond acceptors (Lipinski definition) is 6. The maximum absolute atomic E-state index is 12.9. The molecule has 7 heteroatoms. The van der Waals surface area contributed by atoms with Crippen molar-refractivity contribution in [2.45, 2.75) is 57.3 Å². The van der Waals surface area contributed by atoms with Gasteiger partial charge < -0.3 is 19.3 Å². The first-order chi connectivity index (χ1) is 14.5. The van der Waals surface area contributed by atoms with Crippen LogP contribution >= 0.6 is 0 Å². The fourth-order valence-electron chi connectivity index (χ4n) is 7.46. The Bertz CT molecular complexity index is 829. The highest BCUT2D eigenvalue weighted by molar-refractivity contribution is 5.76. The van der Waals surface area contributed by atoms with Gasteiger partial charge in [0.05, 0.1) is 38.8 Å². The van der Waals surface area contributed by atoms with Crippen LogP contribution in [0.3, 0.4) is 0 Å². The lowest BCUT2D eigenvalue weighted by molar-refractivity contribution is -0.903. The number of anilines is 1. The Labute approximate surface area is 178 Å². The van der Waals surface area contributed by atoms with Crippen LogP contribution in [0, 0.1) is 23.2 Å². The summed E-state index contributed by atoms with van der Waals surface area (Å²) in [5.41, 5.74) is 0.164. The molecular formula is C23H33N4O3+. The van der Waals surface area contributed by atoms with Crippen LogP contribution in [0.5, 0.6) is 0 Å². The maximum atomic E-state index is 12.9. The molecule has 2 aliphatic carbocycles. The van der Waals surface area contributed by atoms with Crippen LogP contribution in [0.1, 0.15) is 39.5 Å². The predicted molar refractivity (Wildman–Crippen MR) is 110 cm³/mol. The van der Waals surface area contributed by atoms with Gasteiger partial charge in [-0.3, -0.25) is 4.79 Å². The van der Waals surface area contributed by atoms with Gasteiger partial charge in [-0.1, -0.05) is 20.3 Å². The summed E-state index contributed by atoms with van der Waals surface area (Å²) < 4.78 is 12.6. The minimum absolute atomic E-state index is 0.00265. The summed E-state index contributed by atoms with van der Waals surface area (Å²) in [4.78, 5) is 25.4. The lowest BCUT2D eigenvalue weighted by Gasteiger charge is -2.48. The van der Waals surface area contributed by atoms with E-state index in [0.717, 1.165) is 45.1 Å². The van der Waals surface area contributed by atoms with Crippen molar-refractivity contribution >= 4 is 11.9 Å². The summed E-state index contributed by atoms with van der Waals surface area (Å²) in [6, 6.07) is 1.85. The van der Waals surface area contributed by atoms with E-state index in [2.05, 4.69) is 28.7 Å². The fraction of sp³-hybridized carbons (Fsp3) is 0.783. The van der Waals surface area contributed by atoms with E-state index in [1.54, 1.807) is 12.4 Å². The van der Waals surface area contributed by atoms with Crippen LogP contribution in [0.15, 0.2) is 18.5 Å².